The first-order valence-electron chi connectivity index (χ1n) is 6.34. The zero-order valence-corrected chi connectivity index (χ0v) is 11.2. The molecule has 96 valence electrons. The predicted molar refractivity (Wildman–Crippen MR) is 72.2 cm³/mol. The van der Waals surface area contributed by atoms with Crippen LogP contribution in [0.15, 0.2) is 24.3 Å². The summed E-state index contributed by atoms with van der Waals surface area (Å²) in [6, 6.07) is 10.1. The summed E-state index contributed by atoms with van der Waals surface area (Å²) in [6.45, 7) is 6.73. The van der Waals surface area contributed by atoms with Gasteiger partial charge in [-0.15, -0.1) is 0 Å². The standard InChI is InChI=1S/C15H20N2O/c1-4-17-15(18)9-14(10-16)13-7-5-12(6-8-13)11(2)3/h5-8,11,14H,4,9H2,1-3H3,(H,17,18). The number of carbonyl (C=O) groups is 1. The first-order chi connectivity index (χ1) is 8.58. The molecule has 3 nitrogen and oxygen atoms in total. The highest BCUT2D eigenvalue weighted by molar-refractivity contribution is 5.77. The van der Waals surface area contributed by atoms with E-state index in [2.05, 4.69) is 25.2 Å². The average Bonchev–Trinajstić information content (AvgIpc) is 2.36. The summed E-state index contributed by atoms with van der Waals surface area (Å²) in [5.74, 6) is 0.0396. The largest absolute Gasteiger partial charge is 0.356 e. The number of carbonyl (C=O) groups excluding carboxylic acids is 1. The molecule has 3 heteroatoms. The summed E-state index contributed by atoms with van der Waals surface area (Å²) >= 11 is 0. The molecular weight excluding hydrogens is 224 g/mol. The van der Waals surface area contributed by atoms with Crippen LogP contribution in [-0.2, 0) is 4.79 Å². The molecule has 1 N–H and O–H groups in total. The molecule has 0 aromatic heterocycles. The van der Waals surface area contributed by atoms with Gasteiger partial charge in [-0.05, 0) is 24.0 Å². The Hall–Kier alpha value is -1.82. The molecule has 1 aromatic carbocycles. The van der Waals surface area contributed by atoms with Crippen LogP contribution in [-0.4, -0.2) is 12.5 Å². The van der Waals surface area contributed by atoms with Crippen molar-refractivity contribution in [3.05, 3.63) is 35.4 Å². The number of nitriles is 1. The van der Waals surface area contributed by atoms with Gasteiger partial charge in [-0.25, -0.2) is 0 Å². The molecule has 1 atom stereocenters. The van der Waals surface area contributed by atoms with Gasteiger partial charge >= 0.3 is 0 Å². The van der Waals surface area contributed by atoms with Crippen molar-refractivity contribution in [2.45, 2.75) is 39.0 Å². The minimum atomic E-state index is -0.363. The molecule has 0 heterocycles. The summed E-state index contributed by atoms with van der Waals surface area (Å²) in [5, 5.41) is 11.9. The molecule has 0 aliphatic rings. The van der Waals surface area contributed by atoms with Gasteiger partial charge in [0.05, 0.1) is 12.0 Å². The Morgan fingerprint density at radius 2 is 1.83 bits per heavy atom. The molecule has 0 spiro atoms. The van der Waals surface area contributed by atoms with Crippen molar-refractivity contribution in [1.82, 2.24) is 5.32 Å². The Balaban J connectivity index is 2.77. The van der Waals surface area contributed by atoms with E-state index in [1.807, 2.05) is 31.2 Å². The van der Waals surface area contributed by atoms with Gasteiger partial charge in [0.1, 0.15) is 0 Å². The maximum atomic E-state index is 11.5. The molecule has 0 saturated carbocycles. The number of amides is 1. The van der Waals surface area contributed by atoms with Crippen molar-refractivity contribution in [3.8, 4) is 6.07 Å². The molecule has 1 rings (SSSR count). The number of rotatable bonds is 5. The Kier molecular flexibility index (Phi) is 5.38. The summed E-state index contributed by atoms with van der Waals surface area (Å²) in [7, 11) is 0. The zero-order chi connectivity index (χ0) is 13.5. The zero-order valence-electron chi connectivity index (χ0n) is 11.2. The Morgan fingerprint density at radius 3 is 2.28 bits per heavy atom. The normalized spacial score (nSPS) is 11.9. The Morgan fingerprint density at radius 1 is 1.28 bits per heavy atom. The molecule has 0 aliphatic heterocycles. The second-order valence-electron chi connectivity index (χ2n) is 4.66. The Bertz CT molecular complexity index is 429. The van der Waals surface area contributed by atoms with Crippen LogP contribution in [0.4, 0.5) is 0 Å². The minimum absolute atomic E-state index is 0.0722. The topological polar surface area (TPSA) is 52.9 Å². The van der Waals surface area contributed by atoms with Gasteiger partial charge in [0, 0.05) is 13.0 Å². The SMILES string of the molecule is CCNC(=O)CC(C#N)c1ccc(C(C)C)cc1. The van der Waals surface area contributed by atoms with E-state index in [0.29, 0.717) is 12.5 Å². The highest BCUT2D eigenvalue weighted by Gasteiger charge is 2.15. The fourth-order valence-corrected chi connectivity index (χ4v) is 1.81. The van der Waals surface area contributed by atoms with E-state index in [9.17, 15) is 4.79 Å². The van der Waals surface area contributed by atoms with E-state index in [-0.39, 0.29) is 18.2 Å². The van der Waals surface area contributed by atoms with Crippen LogP contribution >= 0.6 is 0 Å². The van der Waals surface area contributed by atoms with Gasteiger partial charge in [-0.1, -0.05) is 38.1 Å². The van der Waals surface area contributed by atoms with Gasteiger partial charge in [0.15, 0.2) is 0 Å². The van der Waals surface area contributed by atoms with Gasteiger partial charge < -0.3 is 5.32 Å². The van der Waals surface area contributed by atoms with Crippen LogP contribution in [0.1, 0.15) is 50.2 Å². The van der Waals surface area contributed by atoms with Crippen molar-refractivity contribution < 1.29 is 4.79 Å². The molecule has 0 fully saturated rings. The summed E-state index contributed by atoms with van der Waals surface area (Å²) in [6.07, 6.45) is 0.228. The third-order valence-electron chi connectivity index (χ3n) is 2.92. The molecule has 1 amide bonds. The second-order valence-corrected chi connectivity index (χ2v) is 4.66. The van der Waals surface area contributed by atoms with Gasteiger partial charge in [0.25, 0.3) is 0 Å². The number of hydrogen-bond donors (Lipinski definition) is 1. The van der Waals surface area contributed by atoms with Crippen LogP contribution in [0.2, 0.25) is 0 Å². The molecule has 0 radical (unpaired) electrons. The quantitative estimate of drug-likeness (QED) is 0.865. The van der Waals surface area contributed by atoms with Crippen LogP contribution in [0.25, 0.3) is 0 Å². The summed E-state index contributed by atoms with van der Waals surface area (Å²) < 4.78 is 0. The molecule has 1 unspecified atom stereocenters. The lowest BCUT2D eigenvalue weighted by Crippen LogP contribution is -2.24. The molecular formula is C15H20N2O. The second kappa shape index (κ2) is 6.80. The van der Waals surface area contributed by atoms with Crippen molar-refractivity contribution in [3.63, 3.8) is 0 Å². The summed E-state index contributed by atoms with van der Waals surface area (Å²) in [4.78, 5) is 11.5. The smallest absolute Gasteiger partial charge is 0.221 e. The fraction of sp³-hybridized carbons (Fsp3) is 0.467. The monoisotopic (exact) mass is 244 g/mol. The summed E-state index contributed by atoms with van der Waals surface area (Å²) in [5.41, 5.74) is 2.15. The highest BCUT2D eigenvalue weighted by atomic mass is 16.1. The van der Waals surface area contributed by atoms with E-state index < -0.39 is 0 Å². The van der Waals surface area contributed by atoms with Gasteiger partial charge in [-0.2, -0.15) is 5.26 Å². The number of benzene rings is 1. The number of nitrogens with one attached hydrogen (secondary N) is 1. The van der Waals surface area contributed by atoms with Crippen molar-refractivity contribution in [1.29, 1.82) is 5.26 Å². The van der Waals surface area contributed by atoms with Crippen molar-refractivity contribution >= 4 is 5.91 Å². The molecule has 0 saturated heterocycles. The first kappa shape index (κ1) is 14.2. The Labute approximate surface area is 109 Å². The highest BCUT2D eigenvalue weighted by Crippen LogP contribution is 2.22. The van der Waals surface area contributed by atoms with E-state index >= 15 is 0 Å². The van der Waals surface area contributed by atoms with Crippen LogP contribution < -0.4 is 5.32 Å². The van der Waals surface area contributed by atoms with E-state index in [1.165, 1.54) is 5.56 Å². The minimum Gasteiger partial charge on any atom is -0.356 e. The van der Waals surface area contributed by atoms with Crippen LogP contribution in [0.3, 0.4) is 0 Å². The number of hydrogen-bond acceptors (Lipinski definition) is 2. The first-order valence-corrected chi connectivity index (χ1v) is 6.34. The third kappa shape index (κ3) is 3.89. The van der Waals surface area contributed by atoms with Crippen molar-refractivity contribution in [2.75, 3.05) is 6.54 Å². The maximum Gasteiger partial charge on any atom is 0.221 e. The van der Waals surface area contributed by atoms with Gasteiger partial charge in [-0.3, -0.25) is 4.79 Å². The van der Waals surface area contributed by atoms with E-state index in [0.717, 1.165) is 5.56 Å². The lowest BCUT2D eigenvalue weighted by Gasteiger charge is -2.11. The molecule has 0 aliphatic carbocycles. The lowest BCUT2D eigenvalue weighted by atomic mass is 9.94. The maximum absolute atomic E-state index is 11.5. The average molecular weight is 244 g/mol. The van der Waals surface area contributed by atoms with Crippen molar-refractivity contribution in [2.24, 2.45) is 0 Å². The third-order valence-corrected chi connectivity index (χ3v) is 2.92. The van der Waals surface area contributed by atoms with Crippen LogP contribution in [0.5, 0.6) is 0 Å². The number of nitrogens with zero attached hydrogens (tertiary/aromatic N) is 1. The molecule has 1 aromatic rings. The fourth-order valence-electron chi connectivity index (χ4n) is 1.81. The van der Waals surface area contributed by atoms with Gasteiger partial charge in [0.2, 0.25) is 5.91 Å². The van der Waals surface area contributed by atoms with E-state index in [4.69, 9.17) is 5.26 Å². The molecule has 18 heavy (non-hydrogen) atoms. The predicted octanol–water partition coefficient (Wildman–Crippen LogP) is 2.94. The van der Waals surface area contributed by atoms with Crippen LogP contribution in [0, 0.1) is 11.3 Å². The lowest BCUT2D eigenvalue weighted by molar-refractivity contribution is -0.121. The van der Waals surface area contributed by atoms with E-state index in [1.54, 1.807) is 0 Å². The molecule has 0 bridgehead atoms.